The van der Waals surface area contributed by atoms with E-state index >= 15 is 0 Å². The molecule has 2 unspecified atom stereocenters. The number of imidazole rings is 1. The van der Waals surface area contributed by atoms with Crippen molar-refractivity contribution in [3.05, 3.63) is 42.7 Å². The minimum Gasteiger partial charge on any atom is -0.462 e. The largest absolute Gasteiger partial charge is 0.462 e. The predicted molar refractivity (Wildman–Crippen MR) is 72.8 cm³/mol. The number of aromatic amines is 1. The molecular formula is C15H16N2O2. The summed E-state index contributed by atoms with van der Waals surface area (Å²) in [6, 6.07) is 7.76. The first-order chi connectivity index (χ1) is 9.15. The summed E-state index contributed by atoms with van der Waals surface area (Å²) >= 11 is 0. The average Bonchev–Trinajstić information content (AvgIpc) is 2.92. The number of carbonyl (C=O) groups excluding carboxylic acids is 1. The summed E-state index contributed by atoms with van der Waals surface area (Å²) in [5, 5.41) is 0. The van der Waals surface area contributed by atoms with Gasteiger partial charge in [-0.3, -0.25) is 4.79 Å². The Labute approximate surface area is 111 Å². The van der Waals surface area contributed by atoms with Crippen LogP contribution in [0.1, 0.15) is 25.6 Å². The molecule has 0 saturated carbocycles. The molecule has 4 nitrogen and oxygen atoms in total. The van der Waals surface area contributed by atoms with Gasteiger partial charge in [0, 0.05) is 6.42 Å². The summed E-state index contributed by atoms with van der Waals surface area (Å²) < 4.78 is 5.33. The molecular weight excluding hydrogens is 240 g/mol. The third-order valence-electron chi connectivity index (χ3n) is 3.67. The molecule has 1 N–H and O–H groups in total. The van der Waals surface area contributed by atoms with Gasteiger partial charge in [0.15, 0.2) is 0 Å². The van der Waals surface area contributed by atoms with Crippen LogP contribution >= 0.6 is 0 Å². The molecule has 4 heteroatoms. The number of aromatic nitrogens is 2. The van der Waals surface area contributed by atoms with E-state index in [9.17, 15) is 4.79 Å². The maximum Gasteiger partial charge on any atom is 0.320 e. The number of esters is 1. The van der Waals surface area contributed by atoms with Crippen molar-refractivity contribution in [2.45, 2.75) is 31.3 Å². The van der Waals surface area contributed by atoms with Crippen LogP contribution < -0.4 is 0 Å². The first kappa shape index (κ1) is 12.0. The van der Waals surface area contributed by atoms with Crippen LogP contribution in [0, 0.1) is 0 Å². The molecule has 0 radical (unpaired) electrons. The van der Waals surface area contributed by atoms with Gasteiger partial charge in [0.05, 0.1) is 11.0 Å². The van der Waals surface area contributed by atoms with Crippen LogP contribution in [0.2, 0.25) is 0 Å². The van der Waals surface area contributed by atoms with Crippen molar-refractivity contribution in [3.63, 3.8) is 0 Å². The Morgan fingerprint density at radius 3 is 3.00 bits per heavy atom. The number of cyclic esters (lactones) is 1. The van der Waals surface area contributed by atoms with E-state index in [0.717, 1.165) is 11.0 Å². The van der Waals surface area contributed by atoms with Gasteiger partial charge >= 0.3 is 5.97 Å². The lowest BCUT2D eigenvalue weighted by Crippen LogP contribution is -2.32. The minimum absolute atomic E-state index is 0.0827. The molecule has 1 aromatic carbocycles. The van der Waals surface area contributed by atoms with Crippen molar-refractivity contribution < 1.29 is 9.53 Å². The quantitative estimate of drug-likeness (QED) is 0.678. The lowest BCUT2D eigenvalue weighted by molar-refractivity contribution is -0.145. The molecule has 2 atom stereocenters. The SMILES string of the molecule is C=CCC1(c2nc3ccccc3[nH]2)CC(C)OC1=O. The van der Waals surface area contributed by atoms with E-state index in [1.807, 2.05) is 31.2 Å². The predicted octanol–water partition coefficient (Wildman–Crippen LogP) is 2.71. The molecule has 3 rings (SSSR count). The van der Waals surface area contributed by atoms with Crippen LogP contribution in [0.25, 0.3) is 11.0 Å². The summed E-state index contributed by atoms with van der Waals surface area (Å²) in [4.78, 5) is 20.1. The first-order valence-electron chi connectivity index (χ1n) is 6.43. The van der Waals surface area contributed by atoms with Gasteiger partial charge in [-0.15, -0.1) is 6.58 Å². The second-order valence-electron chi connectivity index (χ2n) is 5.10. The summed E-state index contributed by atoms with van der Waals surface area (Å²) in [5.41, 5.74) is 1.10. The van der Waals surface area contributed by atoms with E-state index in [4.69, 9.17) is 4.74 Å². The van der Waals surface area contributed by atoms with Gasteiger partial charge in [-0.2, -0.15) is 0 Å². The lowest BCUT2D eigenvalue weighted by atomic mass is 9.81. The normalized spacial score (nSPS) is 26.6. The third kappa shape index (κ3) is 1.75. The summed E-state index contributed by atoms with van der Waals surface area (Å²) in [6.07, 6.45) is 2.85. The summed E-state index contributed by atoms with van der Waals surface area (Å²) in [6.45, 7) is 5.67. The third-order valence-corrected chi connectivity index (χ3v) is 3.67. The van der Waals surface area contributed by atoms with Crippen molar-refractivity contribution in [1.82, 2.24) is 9.97 Å². The molecule has 1 saturated heterocycles. The highest BCUT2D eigenvalue weighted by Crippen LogP contribution is 2.40. The van der Waals surface area contributed by atoms with Gasteiger partial charge in [-0.25, -0.2) is 4.98 Å². The Balaban J connectivity index is 2.14. The van der Waals surface area contributed by atoms with Gasteiger partial charge in [0.1, 0.15) is 17.3 Å². The average molecular weight is 256 g/mol. The second kappa shape index (κ2) is 4.23. The van der Waals surface area contributed by atoms with E-state index in [-0.39, 0.29) is 12.1 Å². The molecule has 0 amide bonds. The number of rotatable bonds is 3. The van der Waals surface area contributed by atoms with E-state index in [0.29, 0.717) is 18.7 Å². The molecule has 1 fully saturated rings. The number of para-hydroxylation sites is 2. The number of hydrogen-bond donors (Lipinski definition) is 1. The first-order valence-corrected chi connectivity index (χ1v) is 6.43. The Bertz CT molecular complexity index is 613. The number of nitrogens with zero attached hydrogens (tertiary/aromatic N) is 1. The van der Waals surface area contributed by atoms with Crippen LogP contribution in [0.15, 0.2) is 36.9 Å². The van der Waals surface area contributed by atoms with E-state index < -0.39 is 5.41 Å². The minimum atomic E-state index is -0.708. The molecule has 0 spiro atoms. The fraction of sp³-hybridized carbons (Fsp3) is 0.333. The van der Waals surface area contributed by atoms with Crippen LogP contribution in [-0.2, 0) is 14.9 Å². The van der Waals surface area contributed by atoms with Crippen molar-refractivity contribution in [1.29, 1.82) is 0 Å². The Kier molecular flexibility index (Phi) is 2.66. The number of H-pyrrole nitrogens is 1. The topological polar surface area (TPSA) is 55.0 Å². The fourth-order valence-electron chi connectivity index (χ4n) is 2.79. The van der Waals surface area contributed by atoms with Crippen molar-refractivity contribution >= 4 is 17.0 Å². The molecule has 19 heavy (non-hydrogen) atoms. The molecule has 2 heterocycles. The number of allylic oxidation sites excluding steroid dienone is 1. The molecule has 1 aromatic heterocycles. The highest BCUT2D eigenvalue weighted by molar-refractivity contribution is 5.86. The van der Waals surface area contributed by atoms with Crippen molar-refractivity contribution in [2.24, 2.45) is 0 Å². The molecule has 98 valence electrons. The second-order valence-corrected chi connectivity index (χ2v) is 5.10. The van der Waals surface area contributed by atoms with Gasteiger partial charge in [-0.1, -0.05) is 18.2 Å². The fourth-order valence-corrected chi connectivity index (χ4v) is 2.79. The van der Waals surface area contributed by atoms with Crippen LogP contribution in [0.3, 0.4) is 0 Å². The number of nitrogens with one attached hydrogen (secondary N) is 1. The zero-order valence-electron chi connectivity index (χ0n) is 10.8. The number of carbonyl (C=O) groups is 1. The standard InChI is InChI=1S/C15H16N2O2/c1-3-8-15(9-10(2)19-14(15)18)13-16-11-6-4-5-7-12(11)17-13/h3-7,10H,1,8-9H2,2H3,(H,16,17). The van der Waals surface area contributed by atoms with Crippen LogP contribution in [0.4, 0.5) is 0 Å². The number of ether oxygens (including phenoxy) is 1. The highest BCUT2D eigenvalue weighted by Gasteiger charge is 2.50. The summed E-state index contributed by atoms with van der Waals surface area (Å²) in [7, 11) is 0. The van der Waals surface area contributed by atoms with Gasteiger partial charge in [0.25, 0.3) is 0 Å². The Hall–Kier alpha value is -2.10. The maximum absolute atomic E-state index is 12.2. The summed E-state index contributed by atoms with van der Waals surface area (Å²) in [5.74, 6) is 0.474. The number of hydrogen-bond acceptors (Lipinski definition) is 3. The highest BCUT2D eigenvalue weighted by atomic mass is 16.6. The molecule has 1 aliphatic rings. The van der Waals surface area contributed by atoms with E-state index in [1.165, 1.54) is 0 Å². The zero-order chi connectivity index (χ0) is 13.5. The van der Waals surface area contributed by atoms with Gasteiger partial charge in [-0.05, 0) is 25.5 Å². The van der Waals surface area contributed by atoms with Crippen LogP contribution in [-0.4, -0.2) is 22.0 Å². The Morgan fingerprint density at radius 2 is 2.37 bits per heavy atom. The van der Waals surface area contributed by atoms with Crippen molar-refractivity contribution in [2.75, 3.05) is 0 Å². The maximum atomic E-state index is 12.2. The smallest absolute Gasteiger partial charge is 0.320 e. The molecule has 0 aliphatic carbocycles. The monoisotopic (exact) mass is 256 g/mol. The van der Waals surface area contributed by atoms with E-state index in [1.54, 1.807) is 6.08 Å². The zero-order valence-corrected chi connectivity index (χ0v) is 10.8. The molecule has 1 aliphatic heterocycles. The van der Waals surface area contributed by atoms with Crippen LogP contribution in [0.5, 0.6) is 0 Å². The molecule has 2 aromatic rings. The van der Waals surface area contributed by atoms with Gasteiger partial charge in [0.2, 0.25) is 0 Å². The number of fused-ring (bicyclic) bond motifs is 1. The Morgan fingerprint density at radius 1 is 1.58 bits per heavy atom. The lowest BCUT2D eigenvalue weighted by Gasteiger charge is -2.20. The van der Waals surface area contributed by atoms with E-state index in [2.05, 4.69) is 16.5 Å². The van der Waals surface area contributed by atoms with Gasteiger partial charge < -0.3 is 9.72 Å². The molecule has 0 bridgehead atoms. The van der Waals surface area contributed by atoms with Crippen molar-refractivity contribution in [3.8, 4) is 0 Å². The number of benzene rings is 1.